The predicted octanol–water partition coefficient (Wildman–Crippen LogP) is 2.73. The molecule has 0 atom stereocenters. The van der Waals surface area contributed by atoms with Gasteiger partial charge < -0.3 is 9.15 Å². The molecule has 1 aromatic carbocycles. The number of aryl methyl sites for hydroxylation is 3. The van der Waals surface area contributed by atoms with Crippen LogP contribution in [0, 0.1) is 20.8 Å². The summed E-state index contributed by atoms with van der Waals surface area (Å²) in [5.74, 6) is 0.990. The van der Waals surface area contributed by atoms with Crippen LogP contribution in [0.4, 0.5) is 0 Å². The highest BCUT2D eigenvalue weighted by Crippen LogP contribution is 2.24. The van der Waals surface area contributed by atoms with E-state index in [4.69, 9.17) is 9.15 Å². The van der Waals surface area contributed by atoms with E-state index in [0.29, 0.717) is 5.76 Å². The van der Waals surface area contributed by atoms with E-state index in [-0.39, 0.29) is 12.5 Å². The van der Waals surface area contributed by atoms with Crippen LogP contribution in [0.5, 0.6) is 5.75 Å². The van der Waals surface area contributed by atoms with Crippen molar-refractivity contribution in [2.45, 2.75) is 20.8 Å². The molecule has 0 aliphatic rings. The standard InChI is InChI=1S/C16H18N2O3/c1-11-7-12(2)16(13(3)8-11)21-10-15(19)18-17-9-14-5-4-6-20-14/h4-9H,10H2,1-3H3,(H,18,19)/b17-9-. The van der Waals surface area contributed by atoms with E-state index in [1.165, 1.54) is 18.0 Å². The number of hydrazone groups is 1. The van der Waals surface area contributed by atoms with E-state index in [9.17, 15) is 4.79 Å². The summed E-state index contributed by atoms with van der Waals surface area (Å²) < 4.78 is 10.6. The van der Waals surface area contributed by atoms with Crippen LogP contribution < -0.4 is 10.2 Å². The molecule has 0 aliphatic carbocycles. The number of carbonyl (C=O) groups is 1. The van der Waals surface area contributed by atoms with Crippen LogP contribution in [0.1, 0.15) is 22.5 Å². The lowest BCUT2D eigenvalue weighted by atomic mass is 10.1. The zero-order valence-electron chi connectivity index (χ0n) is 12.3. The van der Waals surface area contributed by atoms with Crippen LogP contribution >= 0.6 is 0 Å². The Kier molecular flexibility index (Phi) is 4.77. The van der Waals surface area contributed by atoms with Crippen molar-refractivity contribution in [1.29, 1.82) is 0 Å². The number of hydrogen-bond acceptors (Lipinski definition) is 4. The second-order valence-corrected chi connectivity index (χ2v) is 4.83. The number of hydrogen-bond donors (Lipinski definition) is 1. The summed E-state index contributed by atoms with van der Waals surface area (Å²) in [4.78, 5) is 11.7. The highest BCUT2D eigenvalue weighted by molar-refractivity contribution is 5.81. The Morgan fingerprint density at radius 1 is 1.33 bits per heavy atom. The molecule has 110 valence electrons. The van der Waals surface area contributed by atoms with Crippen LogP contribution in [-0.2, 0) is 4.79 Å². The SMILES string of the molecule is Cc1cc(C)c(OCC(=O)N/N=C\c2ccco2)c(C)c1. The van der Waals surface area contributed by atoms with Gasteiger partial charge in [-0.15, -0.1) is 0 Å². The minimum absolute atomic E-state index is 0.0831. The summed E-state index contributed by atoms with van der Waals surface area (Å²) in [6, 6.07) is 7.53. The van der Waals surface area contributed by atoms with E-state index in [1.54, 1.807) is 12.1 Å². The molecule has 0 fully saturated rings. The molecule has 1 amide bonds. The molecule has 1 heterocycles. The first-order valence-electron chi connectivity index (χ1n) is 6.62. The first-order chi connectivity index (χ1) is 10.1. The molecule has 5 heteroatoms. The fourth-order valence-corrected chi connectivity index (χ4v) is 2.10. The minimum atomic E-state index is -0.322. The largest absolute Gasteiger partial charge is 0.483 e. The van der Waals surface area contributed by atoms with Crippen LogP contribution in [0.15, 0.2) is 40.0 Å². The second kappa shape index (κ2) is 6.74. The highest BCUT2D eigenvalue weighted by atomic mass is 16.5. The number of ether oxygens (including phenoxy) is 1. The van der Waals surface area contributed by atoms with Crippen molar-refractivity contribution in [2.75, 3.05) is 6.61 Å². The maximum absolute atomic E-state index is 11.7. The molecule has 0 radical (unpaired) electrons. The Bertz CT molecular complexity index is 623. The predicted molar refractivity (Wildman–Crippen MR) is 80.6 cm³/mol. The van der Waals surface area contributed by atoms with Crippen molar-refractivity contribution in [3.63, 3.8) is 0 Å². The minimum Gasteiger partial charge on any atom is -0.483 e. The first-order valence-corrected chi connectivity index (χ1v) is 6.62. The maximum Gasteiger partial charge on any atom is 0.277 e. The molecule has 5 nitrogen and oxygen atoms in total. The zero-order valence-corrected chi connectivity index (χ0v) is 12.3. The lowest BCUT2D eigenvalue weighted by molar-refractivity contribution is -0.123. The van der Waals surface area contributed by atoms with Crippen LogP contribution in [0.25, 0.3) is 0 Å². The Morgan fingerprint density at radius 3 is 2.67 bits per heavy atom. The average molecular weight is 286 g/mol. The summed E-state index contributed by atoms with van der Waals surface area (Å²) in [5, 5.41) is 3.79. The van der Waals surface area contributed by atoms with Gasteiger partial charge in [-0.3, -0.25) is 4.79 Å². The molecule has 0 unspecified atom stereocenters. The Labute approximate surface area is 123 Å². The topological polar surface area (TPSA) is 63.8 Å². The molecule has 2 rings (SSSR count). The van der Waals surface area contributed by atoms with Gasteiger partial charge in [0.15, 0.2) is 6.61 Å². The smallest absolute Gasteiger partial charge is 0.277 e. The zero-order chi connectivity index (χ0) is 15.2. The molecule has 2 aromatic rings. The molecule has 0 bridgehead atoms. The fraction of sp³-hybridized carbons (Fsp3) is 0.250. The average Bonchev–Trinajstić information content (AvgIpc) is 2.90. The second-order valence-electron chi connectivity index (χ2n) is 4.83. The lowest BCUT2D eigenvalue weighted by Gasteiger charge is -2.12. The van der Waals surface area contributed by atoms with Crippen molar-refractivity contribution < 1.29 is 13.9 Å². The van der Waals surface area contributed by atoms with Gasteiger partial charge in [-0.05, 0) is 44.0 Å². The normalized spacial score (nSPS) is 10.8. The van der Waals surface area contributed by atoms with Gasteiger partial charge in [0.1, 0.15) is 11.5 Å². The maximum atomic E-state index is 11.7. The summed E-state index contributed by atoms with van der Waals surface area (Å²) in [6.45, 7) is 5.87. The van der Waals surface area contributed by atoms with Crippen molar-refractivity contribution >= 4 is 12.1 Å². The third-order valence-corrected chi connectivity index (χ3v) is 2.88. The first kappa shape index (κ1) is 14.8. The summed E-state index contributed by atoms with van der Waals surface area (Å²) >= 11 is 0. The monoisotopic (exact) mass is 286 g/mol. The number of nitrogens with one attached hydrogen (secondary N) is 1. The van der Waals surface area contributed by atoms with Gasteiger partial charge in [-0.2, -0.15) is 5.10 Å². The van der Waals surface area contributed by atoms with Crippen molar-refractivity contribution in [3.8, 4) is 5.75 Å². The Morgan fingerprint density at radius 2 is 2.05 bits per heavy atom. The van der Waals surface area contributed by atoms with Gasteiger partial charge in [0.25, 0.3) is 5.91 Å². The fourth-order valence-electron chi connectivity index (χ4n) is 2.10. The molecular weight excluding hydrogens is 268 g/mol. The highest BCUT2D eigenvalue weighted by Gasteiger charge is 2.07. The van der Waals surface area contributed by atoms with Gasteiger partial charge in [-0.1, -0.05) is 17.7 Å². The molecule has 21 heavy (non-hydrogen) atoms. The molecule has 0 spiro atoms. The van der Waals surface area contributed by atoms with E-state index >= 15 is 0 Å². The van der Waals surface area contributed by atoms with Crippen LogP contribution in [0.2, 0.25) is 0 Å². The molecule has 1 aromatic heterocycles. The third kappa shape index (κ3) is 4.21. The van der Waals surface area contributed by atoms with Gasteiger partial charge in [0, 0.05) is 0 Å². The van der Waals surface area contributed by atoms with Gasteiger partial charge >= 0.3 is 0 Å². The van der Waals surface area contributed by atoms with Crippen LogP contribution in [-0.4, -0.2) is 18.7 Å². The van der Waals surface area contributed by atoms with E-state index in [0.717, 1.165) is 16.9 Å². The Hall–Kier alpha value is -2.56. The van der Waals surface area contributed by atoms with Crippen molar-refractivity contribution in [1.82, 2.24) is 5.43 Å². The van der Waals surface area contributed by atoms with E-state index in [2.05, 4.69) is 10.5 Å². The number of benzene rings is 1. The number of nitrogens with zero attached hydrogens (tertiary/aromatic N) is 1. The number of carbonyl (C=O) groups excluding carboxylic acids is 1. The number of amides is 1. The molecule has 0 aliphatic heterocycles. The molecule has 1 N–H and O–H groups in total. The van der Waals surface area contributed by atoms with Crippen molar-refractivity contribution in [2.24, 2.45) is 5.10 Å². The summed E-state index contributed by atoms with van der Waals surface area (Å²) in [7, 11) is 0. The summed E-state index contributed by atoms with van der Waals surface area (Å²) in [5.41, 5.74) is 5.58. The van der Waals surface area contributed by atoms with Gasteiger partial charge in [-0.25, -0.2) is 5.43 Å². The molecule has 0 saturated heterocycles. The third-order valence-electron chi connectivity index (χ3n) is 2.88. The quantitative estimate of drug-likeness (QED) is 0.679. The summed E-state index contributed by atoms with van der Waals surface area (Å²) in [6.07, 6.45) is 2.97. The number of furan rings is 1. The molecule has 0 saturated carbocycles. The van der Waals surface area contributed by atoms with Crippen molar-refractivity contribution in [3.05, 3.63) is 53.0 Å². The van der Waals surface area contributed by atoms with Crippen LogP contribution in [0.3, 0.4) is 0 Å². The van der Waals surface area contributed by atoms with E-state index in [1.807, 2.05) is 32.9 Å². The van der Waals surface area contributed by atoms with E-state index < -0.39 is 0 Å². The van der Waals surface area contributed by atoms with Gasteiger partial charge in [0.2, 0.25) is 0 Å². The Balaban J connectivity index is 1.87. The number of rotatable bonds is 5. The lowest BCUT2D eigenvalue weighted by Crippen LogP contribution is -2.25. The molecular formula is C16H18N2O3. The van der Waals surface area contributed by atoms with Gasteiger partial charge in [0.05, 0.1) is 12.5 Å².